The van der Waals surface area contributed by atoms with Gasteiger partial charge in [0.2, 0.25) is 0 Å². The molecule has 1 unspecified atom stereocenters. The third kappa shape index (κ3) is 5.95. The highest BCUT2D eigenvalue weighted by molar-refractivity contribution is 5.29. The van der Waals surface area contributed by atoms with Gasteiger partial charge < -0.3 is 9.47 Å². The van der Waals surface area contributed by atoms with E-state index in [4.69, 9.17) is 9.47 Å². The second-order valence-corrected chi connectivity index (χ2v) is 7.03. The van der Waals surface area contributed by atoms with E-state index in [0.717, 1.165) is 12.3 Å². The first kappa shape index (κ1) is 20.1. The highest BCUT2D eigenvalue weighted by Crippen LogP contribution is 2.25. The molecule has 0 bridgehead atoms. The summed E-state index contributed by atoms with van der Waals surface area (Å²) in [6.45, 7) is 4.33. The van der Waals surface area contributed by atoms with Gasteiger partial charge in [0.05, 0.1) is 6.61 Å². The van der Waals surface area contributed by atoms with Crippen LogP contribution in [0.1, 0.15) is 24.2 Å². The van der Waals surface area contributed by atoms with Crippen molar-refractivity contribution >= 4 is 0 Å². The Labute approximate surface area is 168 Å². The maximum atomic E-state index is 6.32. The average Bonchev–Trinajstić information content (AvgIpc) is 2.77. The second-order valence-electron chi connectivity index (χ2n) is 7.03. The van der Waals surface area contributed by atoms with Crippen LogP contribution in [0.2, 0.25) is 0 Å². The molecule has 0 saturated heterocycles. The number of nitrogens with zero attached hydrogens (tertiary/aromatic N) is 1. The largest absolute Gasteiger partial charge is 0.492 e. The van der Waals surface area contributed by atoms with Crippen LogP contribution >= 0.6 is 0 Å². The monoisotopic (exact) mass is 375 g/mol. The molecule has 0 saturated carbocycles. The number of ether oxygens (including phenoxy) is 2. The molecule has 0 heterocycles. The molecule has 0 radical (unpaired) electrons. The zero-order valence-electron chi connectivity index (χ0n) is 16.7. The van der Waals surface area contributed by atoms with Crippen molar-refractivity contribution in [3.05, 3.63) is 102 Å². The molecule has 3 rings (SSSR count). The van der Waals surface area contributed by atoms with Crippen molar-refractivity contribution in [2.75, 3.05) is 26.8 Å². The molecule has 0 aliphatic carbocycles. The van der Waals surface area contributed by atoms with Crippen LogP contribution in [0.15, 0.2) is 91.0 Å². The zero-order chi connectivity index (χ0) is 19.6. The Kier molecular flexibility index (Phi) is 7.65. The molecule has 28 heavy (non-hydrogen) atoms. The summed E-state index contributed by atoms with van der Waals surface area (Å²) in [5.41, 5.74) is 2.36. The molecular weight excluding hydrogens is 346 g/mol. The first-order valence-electron chi connectivity index (χ1n) is 9.83. The van der Waals surface area contributed by atoms with Crippen LogP contribution in [0.4, 0.5) is 0 Å². The summed E-state index contributed by atoms with van der Waals surface area (Å²) >= 11 is 0. The van der Waals surface area contributed by atoms with E-state index in [-0.39, 0.29) is 6.10 Å². The molecule has 0 aromatic heterocycles. The summed E-state index contributed by atoms with van der Waals surface area (Å²) in [5.74, 6) is 0.909. The van der Waals surface area contributed by atoms with Crippen LogP contribution in [0.25, 0.3) is 0 Å². The first-order chi connectivity index (χ1) is 13.7. The average molecular weight is 376 g/mol. The van der Waals surface area contributed by atoms with E-state index < -0.39 is 0 Å². The molecule has 0 fully saturated rings. The minimum Gasteiger partial charge on any atom is -0.492 e. The fourth-order valence-corrected chi connectivity index (χ4v) is 3.04. The minimum absolute atomic E-state index is 0.0494. The van der Waals surface area contributed by atoms with E-state index in [2.05, 4.69) is 67.4 Å². The van der Waals surface area contributed by atoms with E-state index in [1.54, 1.807) is 0 Å². The highest BCUT2D eigenvalue weighted by Gasteiger charge is 2.16. The molecule has 3 heteroatoms. The van der Waals surface area contributed by atoms with E-state index in [1.807, 2.05) is 42.5 Å². The van der Waals surface area contributed by atoms with Gasteiger partial charge in [0, 0.05) is 12.6 Å². The van der Waals surface area contributed by atoms with E-state index in [0.29, 0.717) is 19.3 Å². The summed E-state index contributed by atoms with van der Waals surface area (Å²) in [6, 6.07) is 31.1. The van der Waals surface area contributed by atoms with Crippen LogP contribution in [-0.2, 0) is 4.74 Å². The predicted molar refractivity (Wildman–Crippen MR) is 115 cm³/mol. The molecule has 0 spiro atoms. The molecule has 0 N–H and O–H groups in total. The molecule has 146 valence electrons. The summed E-state index contributed by atoms with van der Waals surface area (Å²) < 4.78 is 12.2. The highest BCUT2D eigenvalue weighted by atomic mass is 16.5. The lowest BCUT2D eigenvalue weighted by Crippen LogP contribution is -2.36. The van der Waals surface area contributed by atoms with Gasteiger partial charge in [-0.25, -0.2) is 0 Å². The number of hydrogen-bond donors (Lipinski definition) is 0. The Morgan fingerprint density at radius 1 is 0.750 bits per heavy atom. The van der Waals surface area contributed by atoms with E-state index in [1.165, 1.54) is 11.1 Å². The van der Waals surface area contributed by atoms with Gasteiger partial charge in [0.15, 0.2) is 0 Å². The first-order valence-corrected chi connectivity index (χ1v) is 9.83. The van der Waals surface area contributed by atoms with Gasteiger partial charge in [0.1, 0.15) is 18.5 Å². The maximum absolute atomic E-state index is 6.32. The normalized spacial score (nSPS) is 12.3. The zero-order valence-corrected chi connectivity index (χ0v) is 16.7. The maximum Gasteiger partial charge on any atom is 0.119 e. The van der Waals surface area contributed by atoms with Gasteiger partial charge in [-0.1, -0.05) is 78.9 Å². The van der Waals surface area contributed by atoms with Crippen LogP contribution in [0.3, 0.4) is 0 Å². The Bertz CT molecular complexity index is 753. The van der Waals surface area contributed by atoms with Crippen LogP contribution in [-0.4, -0.2) is 37.7 Å². The van der Waals surface area contributed by atoms with Crippen LogP contribution in [0, 0.1) is 0 Å². The smallest absolute Gasteiger partial charge is 0.119 e. The molecule has 1 atom stereocenters. The van der Waals surface area contributed by atoms with Gasteiger partial charge >= 0.3 is 0 Å². The minimum atomic E-state index is -0.0494. The second kappa shape index (κ2) is 10.6. The SMILES string of the molecule is CC(COc1ccccc1)N(C)CCOC(c1ccccc1)c1ccccc1. The van der Waals surface area contributed by atoms with Crippen LogP contribution < -0.4 is 4.74 Å². The van der Waals surface area contributed by atoms with Gasteiger partial charge in [0.25, 0.3) is 0 Å². The number of hydrogen-bond acceptors (Lipinski definition) is 3. The third-order valence-electron chi connectivity index (χ3n) is 4.92. The van der Waals surface area contributed by atoms with Crippen molar-refractivity contribution < 1.29 is 9.47 Å². The molecule has 3 nitrogen and oxygen atoms in total. The number of likely N-dealkylation sites (N-methyl/N-ethyl adjacent to an activating group) is 1. The topological polar surface area (TPSA) is 21.7 Å². The summed E-state index contributed by atoms with van der Waals surface area (Å²) in [7, 11) is 2.11. The number of rotatable bonds is 10. The molecule has 3 aromatic carbocycles. The predicted octanol–water partition coefficient (Wildman–Crippen LogP) is 5.19. The lowest BCUT2D eigenvalue weighted by atomic mass is 10.0. The summed E-state index contributed by atoms with van der Waals surface area (Å²) in [4.78, 5) is 2.27. The van der Waals surface area contributed by atoms with Crippen molar-refractivity contribution in [3.8, 4) is 5.75 Å². The fourth-order valence-electron chi connectivity index (χ4n) is 3.04. The van der Waals surface area contributed by atoms with E-state index >= 15 is 0 Å². The van der Waals surface area contributed by atoms with Gasteiger partial charge in [-0.2, -0.15) is 0 Å². The number of para-hydroxylation sites is 1. The van der Waals surface area contributed by atoms with Crippen molar-refractivity contribution in [1.82, 2.24) is 4.90 Å². The molecule has 0 amide bonds. The standard InChI is InChI=1S/C25H29NO2/c1-21(20-28-24-16-10-5-11-17-24)26(2)18-19-27-25(22-12-6-3-7-13-22)23-14-8-4-9-15-23/h3-17,21,25H,18-20H2,1-2H3. The van der Waals surface area contributed by atoms with E-state index in [9.17, 15) is 0 Å². The number of benzene rings is 3. The molecule has 0 aliphatic heterocycles. The Morgan fingerprint density at radius 2 is 1.25 bits per heavy atom. The molecule has 3 aromatic rings. The summed E-state index contributed by atoms with van der Waals surface area (Å²) in [6.07, 6.45) is -0.0494. The van der Waals surface area contributed by atoms with Gasteiger partial charge in [-0.05, 0) is 37.2 Å². The third-order valence-corrected chi connectivity index (χ3v) is 4.92. The van der Waals surface area contributed by atoms with Crippen molar-refractivity contribution in [2.45, 2.75) is 19.1 Å². The Hall–Kier alpha value is -2.62. The fraction of sp³-hybridized carbons (Fsp3) is 0.280. The van der Waals surface area contributed by atoms with Crippen molar-refractivity contribution in [1.29, 1.82) is 0 Å². The molecule has 0 aliphatic rings. The van der Waals surface area contributed by atoms with Crippen molar-refractivity contribution in [3.63, 3.8) is 0 Å². The quantitative estimate of drug-likeness (QED) is 0.487. The lowest BCUT2D eigenvalue weighted by molar-refractivity contribution is 0.0526. The van der Waals surface area contributed by atoms with Crippen molar-refractivity contribution in [2.24, 2.45) is 0 Å². The Morgan fingerprint density at radius 3 is 1.79 bits per heavy atom. The van der Waals surface area contributed by atoms with Gasteiger partial charge in [-0.15, -0.1) is 0 Å². The lowest BCUT2D eigenvalue weighted by Gasteiger charge is -2.26. The van der Waals surface area contributed by atoms with Crippen LogP contribution in [0.5, 0.6) is 5.75 Å². The molecular formula is C25H29NO2. The Balaban J connectivity index is 1.52. The van der Waals surface area contributed by atoms with Gasteiger partial charge in [-0.3, -0.25) is 4.90 Å². The summed E-state index contributed by atoms with van der Waals surface area (Å²) in [5, 5.41) is 0.